The fraction of sp³-hybridized carbons (Fsp3) is 0.462. The molecule has 0 spiro atoms. The number of benzene rings is 1. The molecule has 21 heavy (non-hydrogen) atoms. The summed E-state index contributed by atoms with van der Waals surface area (Å²) in [6.07, 6.45) is -0.788. The molecule has 1 aromatic rings. The molecule has 1 rings (SSSR count). The molecule has 0 unspecified atom stereocenters. The molecule has 1 N–H and O–H groups in total. The smallest absolute Gasteiger partial charge is 0.260 e. The maximum atomic E-state index is 11.8. The fourth-order valence-electron chi connectivity index (χ4n) is 1.47. The molecule has 1 aromatic carbocycles. The first-order chi connectivity index (χ1) is 9.73. The Morgan fingerprint density at radius 2 is 1.86 bits per heavy atom. The Bertz CT molecular complexity index is 584. The molecule has 1 amide bonds. The van der Waals surface area contributed by atoms with E-state index in [0.717, 1.165) is 0 Å². The highest BCUT2D eigenvalue weighted by Crippen LogP contribution is 2.24. The number of hydrogen-bond acceptors (Lipinski definition) is 4. The molecule has 0 aliphatic carbocycles. The standard InChI is InChI=1S/C13H17Cl2NO4S/c1-3-21(18,19)5-4-16-13(17)9(2)20-12-7-10(14)6-11(15)8-12/h6-9H,3-5H2,1-2H3,(H,16,17)/t9-/m0/s1. The van der Waals surface area contributed by atoms with Gasteiger partial charge < -0.3 is 10.1 Å². The lowest BCUT2D eigenvalue weighted by Gasteiger charge is -2.15. The van der Waals surface area contributed by atoms with Crippen LogP contribution in [-0.2, 0) is 14.6 Å². The Morgan fingerprint density at radius 3 is 2.38 bits per heavy atom. The van der Waals surface area contributed by atoms with E-state index >= 15 is 0 Å². The maximum absolute atomic E-state index is 11.8. The van der Waals surface area contributed by atoms with Crippen LogP contribution >= 0.6 is 23.2 Å². The van der Waals surface area contributed by atoms with Gasteiger partial charge >= 0.3 is 0 Å². The average Bonchev–Trinajstić information content (AvgIpc) is 2.37. The lowest BCUT2D eigenvalue weighted by Crippen LogP contribution is -2.38. The molecule has 8 heteroatoms. The van der Waals surface area contributed by atoms with E-state index < -0.39 is 21.8 Å². The molecule has 0 saturated heterocycles. The Labute approximate surface area is 134 Å². The van der Waals surface area contributed by atoms with E-state index in [1.54, 1.807) is 32.0 Å². The quantitative estimate of drug-likeness (QED) is 0.816. The van der Waals surface area contributed by atoms with Crippen LogP contribution in [0, 0.1) is 0 Å². The number of rotatable bonds is 7. The lowest BCUT2D eigenvalue weighted by molar-refractivity contribution is -0.127. The van der Waals surface area contributed by atoms with E-state index in [1.165, 1.54) is 0 Å². The van der Waals surface area contributed by atoms with Crippen LogP contribution in [0.5, 0.6) is 5.75 Å². The number of carbonyl (C=O) groups excluding carboxylic acids is 1. The van der Waals surface area contributed by atoms with Crippen LogP contribution in [0.1, 0.15) is 13.8 Å². The topological polar surface area (TPSA) is 72.5 Å². The van der Waals surface area contributed by atoms with Crippen LogP contribution < -0.4 is 10.1 Å². The van der Waals surface area contributed by atoms with Crippen molar-refractivity contribution in [3.05, 3.63) is 28.2 Å². The highest BCUT2D eigenvalue weighted by molar-refractivity contribution is 7.91. The number of sulfone groups is 1. The third-order valence-electron chi connectivity index (χ3n) is 2.67. The van der Waals surface area contributed by atoms with Crippen molar-refractivity contribution in [2.24, 2.45) is 0 Å². The third kappa shape index (κ3) is 6.54. The summed E-state index contributed by atoms with van der Waals surface area (Å²) in [6, 6.07) is 4.63. The van der Waals surface area contributed by atoms with Gasteiger partial charge in [-0.15, -0.1) is 0 Å². The van der Waals surface area contributed by atoms with Gasteiger partial charge in [-0.25, -0.2) is 8.42 Å². The molecule has 0 saturated carbocycles. The minimum absolute atomic E-state index is 0.0515. The van der Waals surface area contributed by atoms with E-state index in [1.807, 2.05) is 0 Å². The van der Waals surface area contributed by atoms with Crippen molar-refractivity contribution in [3.63, 3.8) is 0 Å². The number of hydrogen-bond donors (Lipinski definition) is 1. The minimum atomic E-state index is -3.10. The van der Waals surface area contributed by atoms with Crippen LogP contribution in [-0.4, -0.2) is 38.5 Å². The van der Waals surface area contributed by atoms with Crippen molar-refractivity contribution < 1.29 is 17.9 Å². The Kier molecular flexibility index (Phi) is 6.77. The van der Waals surface area contributed by atoms with E-state index in [-0.39, 0.29) is 18.1 Å². The summed E-state index contributed by atoms with van der Waals surface area (Å²) < 4.78 is 28.0. The van der Waals surface area contributed by atoms with Crippen molar-refractivity contribution in [3.8, 4) is 5.75 Å². The highest BCUT2D eigenvalue weighted by atomic mass is 35.5. The predicted molar refractivity (Wildman–Crippen MR) is 83.9 cm³/mol. The summed E-state index contributed by atoms with van der Waals surface area (Å²) in [6.45, 7) is 3.17. The normalized spacial score (nSPS) is 12.8. The molecule has 0 fully saturated rings. The van der Waals surface area contributed by atoms with Gasteiger partial charge in [0.05, 0.1) is 5.75 Å². The van der Waals surface area contributed by atoms with Gasteiger partial charge in [0, 0.05) is 22.3 Å². The van der Waals surface area contributed by atoms with Gasteiger partial charge in [-0.2, -0.15) is 0 Å². The molecule has 0 aliphatic heterocycles. The third-order valence-corrected chi connectivity index (χ3v) is 4.81. The number of ether oxygens (including phenoxy) is 1. The van der Waals surface area contributed by atoms with Crippen molar-refractivity contribution >= 4 is 38.9 Å². The number of nitrogens with one attached hydrogen (secondary N) is 1. The molecule has 0 bridgehead atoms. The first-order valence-corrected chi connectivity index (χ1v) is 8.92. The number of amides is 1. The maximum Gasteiger partial charge on any atom is 0.260 e. The summed E-state index contributed by atoms with van der Waals surface area (Å²) in [5, 5.41) is 3.32. The molecular formula is C13H17Cl2NO4S. The summed E-state index contributed by atoms with van der Waals surface area (Å²) in [7, 11) is -3.10. The van der Waals surface area contributed by atoms with Gasteiger partial charge in [0.1, 0.15) is 5.75 Å². The van der Waals surface area contributed by atoms with Gasteiger partial charge in [-0.1, -0.05) is 30.1 Å². The minimum Gasteiger partial charge on any atom is -0.481 e. The Hall–Kier alpha value is -0.980. The zero-order chi connectivity index (χ0) is 16.0. The largest absolute Gasteiger partial charge is 0.481 e. The van der Waals surface area contributed by atoms with Gasteiger partial charge in [0.25, 0.3) is 5.91 Å². The summed E-state index contributed by atoms with van der Waals surface area (Å²) >= 11 is 11.7. The molecular weight excluding hydrogens is 337 g/mol. The molecule has 0 radical (unpaired) electrons. The van der Waals surface area contributed by atoms with Gasteiger partial charge in [-0.05, 0) is 25.1 Å². The van der Waals surface area contributed by atoms with Gasteiger partial charge in [0.2, 0.25) is 0 Å². The fourth-order valence-corrected chi connectivity index (χ4v) is 2.68. The second kappa shape index (κ2) is 7.87. The zero-order valence-electron chi connectivity index (χ0n) is 11.7. The van der Waals surface area contributed by atoms with E-state index in [4.69, 9.17) is 27.9 Å². The van der Waals surface area contributed by atoms with E-state index in [0.29, 0.717) is 15.8 Å². The van der Waals surface area contributed by atoms with Crippen LogP contribution in [0.3, 0.4) is 0 Å². The molecule has 0 heterocycles. The molecule has 0 aliphatic rings. The predicted octanol–water partition coefficient (Wildman–Crippen LogP) is 2.31. The van der Waals surface area contributed by atoms with Crippen LogP contribution in [0.2, 0.25) is 10.0 Å². The van der Waals surface area contributed by atoms with Gasteiger partial charge in [-0.3, -0.25) is 4.79 Å². The zero-order valence-corrected chi connectivity index (χ0v) is 14.1. The van der Waals surface area contributed by atoms with Gasteiger partial charge in [0.15, 0.2) is 15.9 Å². The van der Waals surface area contributed by atoms with Crippen molar-refractivity contribution in [1.82, 2.24) is 5.32 Å². The SMILES string of the molecule is CCS(=O)(=O)CCNC(=O)[C@H](C)Oc1cc(Cl)cc(Cl)c1. The molecule has 0 aromatic heterocycles. The van der Waals surface area contributed by atoms with Crippen LogP contribution in [0.25, 0.3) is 0 Å². The average molecular weight is 354 g/mol. The summed E-state index contributed by atoms with van der Waals surface area (Å²) in [5.74, 6) is -0.0744. The second-order valence-corrected chi connectivity index (χ2v) is 7.74. The van der Waals surface area contributed by atoms with Crippen molar-refractivity contribution in [2.45, 2.75) is 20.0 Å². The molecule has 118 valence electrons. The van der Waals surface area contributed by atoms with Crippen LogP contribution in [0.15, 0.2) is 18.2 Å². The molecule has 1 atom stereocenters. The lowest BCUT2D eigenvalue weighted by atomic mass is 10.3. The highest BCUT2D eigenvalue weighted by Gasteiger charge is 2.16. The van der Waals surface area contributed by atoms with Crippen LogP contribution in [0.4, 0.5) is 0 Å². The Morgan fingerprint density at radius 1 is 1.29 bits per heavy atom. The number of carbonyl (C=O) groups is 1. The molecule has 5 nitrogen and oxygen atoms in total. The first kappa shape index (κ1) is 18.1. The van der Waals surface area contributed by atoms with E-state index in [2.05, 4.69) is 5.32 Å². The first-order valence-electron chi connectivity index (χ1n) is 6.34. The van der Waals surface area contributed by atoms with E-state index in [9.17, 15) is 13.2 Å². The second-order valence-electron chi connectivity index (χ2n) is 4.39. The van der Waals surface area contributed by atoms with Crippen molar-refractivity contribution in [1.29, 1.82) is 0 Å². The summed E-state index contributed by atoms with van der Waals surface area (Å²) in [5.41, 5.74) is 0. The monoisotopic (exact) mass is 353 g/mol. The van der Waals surface area contributed by atoms with Crippen molar-refractivity contribution in [2.75, 3.05) is 18.1 Å². The number of halogens is 2. The summed E-state index contributed by atoms with van der Waals surface area (Å²) in [4.78, 5) is 11.8. The Balaban J connectivity index is 2.51.